The van der Waals surface area contributed by atoms with E-state index in [9.17, 15) is 9.59 Å². The summed E-state index contributed by atoms with van der Waals surface area (Å²) in [7, 11) is 0. The van der Waals surface area contributed by atoms with Gasteiger partial charge in [-0.25, -0.2) is 0 Å². The zero-order valence-electron chi connectivity index (χ0n) is 15.7. The Bertz CT molecular complexity index is 1160. The number of hydrogen-bond donors (Lipinski definition) is 2. The SMILES string of the molecule is Cc1ccc2ccccc2c1COc1ccccc1C=C1C(=O)NC(=S)NC1=O. The van der Waals surface area contributed by atoms with Crippen LogP contribution >= 0.6 is 12.2 Å². The molecule has 0 unspecified atom stereocenters. The predicted octanol–water partition coefficient (Wildman–Crippen LogP) is 3.64. The van der Waals surface area contributed by atoms with Gasteiger partial charge in [-0.15, -0.1) is 0 Å². The molecule has 4 rings (SSSR count). The van der Waals surface area contributed by atoms with Crippen LogP contribution in [0.4, 0.5) is 0 Å². The summed E-state index contributed by atoms with van der Waals surface area (Å²) in [6, 6.07) is 19.6. The van der Waals surface area contributed by atoms with Gasteiger partial charge in [0.05, 0.1) is 0 Å². The molecule has 0 saturated carbocycles. The average molecular weight is 402 g/mol. The maximum Gasteiger partial charge on any atom is 0.263 e. The van der Waals surface area contributed by atoms with E-state index in [1.807, 2.05) is 30.3 Å². The topological polar surface area (TPSA) is 67.4 Å². The van der Waals surface area contributed by atoms with Crippen LogP contribution in [0.1, 0.15) is 16.7 Å². The van der Waals surface area contributed by atoms with Gasteiger partial charge in [0.2, 0.25) is 0 Å². The van der Waals surface area contributed by atoms with Crippen molar-refractivity contribution in [2.75, 3.05) is 0 Å². The normalized spacial score (nSPS) is 13.8. The van der Waals surface area contributed by atoms with Gasteiger partial charge in [-0.1, -0.05) is 54.6 Å². The van der Waals surface area contributed by atoms with E-state index < -0.39 is 11.8 Å². The summed E-state index contributed by atoms with van der Waals surface area (Å²) < 4.78 is 6.11. The third kappa shape index (κ3) is 3.88. The van der Waals surface area contributed by atoms with Crippen LogP contribution in [-0.4, -0.2) is 16.9 Å². The summed E-state index contributed by atoms with van der Waals surface area (Å²) in [6.45, 7) is 2.43. The minimum atomic E-state index is -0.529. The molecule has 29 heavy (non-hydrogen) atoms. The Kier molecular flexibility index (Phi) is 5.10. The number of thiocarbonyl (C=S) groups is 1. The van der Waals surface area contributed by atoms with Crippen LogP contribution in [0.3, 0.4) is 0 Å². The van der Waals surface area contributed by atoms with E-state index in [0.29, 0.717) is 17.9 Å². The molecular formula is C23H18N2O3S. The summed E-state index contributed by atoms with van der Waals surface area (Å²) in [6.07, 6.45) is 1.51. The molecule has 6 heteroatoms. The van der Waals surface area contributed by atoms with E-state index in [2.05, 4.69) is 41.8 Å². The predicted molar refractivity (Wildman–Crippen MR) is 116 cm³/mol. The zero-order chi connectivity index (χ0) is 20.4. The van der Waals surface area contributed by atoms with Crippen molar-refractivity contribution in [2.24, 2.45) is 0 Å². The molecule has 2 amide bonds. The van der Waals surface area contributed by atoms with Gasteiger partial charge < -0.3 is 4.74 Å². The van der Waals surface area contributed by atoms with Crippen LogP contribution in [0.2, 0.25) is 0 Å². The van der Waals surface area contributed by atoms with E-state index in [-0.39, 0.29) is 10.7 Å². The maximum absolute atomic E-state index is 12.1. The van der Waals surface area contributed by atoms with E-state index in [1.54, 1.807) is 6.07 Å². The number of aryl methyl sites for hydroxylation is 1. The summed E-state index contributed by atoms with van der Waals surface area (Å²) in [4.78, 5) is 24.3. The first-order chi connectivity index (χ1) is 14.0. The number of fused-ring (bicyclic) bond motifs is 1. The number of benzene rings is 3. The minimum absolute atomic E-state index is 0.00751. The molecule has 1 fully saturated rings. The Balaban J connectivity index is 1.65. The summed E-state index contributed by atoms with van der Waals surface area (Å²) >= 11 is 4.83. The van der Waals surface area contributed by atoms with Crippen LogP contribution in [0.15, 0.2) is 66.2 Å². The Labute approximate surface area is 173 Å². The zero-order valence-corrected chi connectivity index (χ0v) is 16.5. The molecule has 1 aliphatic heterocycles. The third-order valence-corrected chi connectivity index (χ3v) is 5.01. The monoisotopic (exact) mass is 402 g/mol. The van der Waals surface area contributed by atoms with Gasteiger partial charge in [-0.3, -0.25) is 20.2 Å². The van der Waals surface area contributed by atoms with Crippen LogP contribution < -0.4 is 15.4 Å². The number of para-hydroxylation sites is 1. The lowest BCUT2D eigenvalue weighted by atomic mass is 10.0. The van der Waals surface area contributed by atoms with Crippen LogP contribution in [0.5, 0.6) is 5.75 Å². The van der Waals surface area contributed by atoms with Crippen LogP contribution in [0.25, 0.3) is 16.8 Å². The van der Waals surface area contributed by atoms with Crippen molar-refractivity contribution >= 4 is 46.0 Å². The highest BCUT2D eigenvalue weighted by atomic mass is 32.1. The van der Waals surface area contributed by atoms with Crippen molar-refractivity contribution in [3.63, 3.8) is 0 Å². The second kappa shape index (κ2) is 7.85. The second-order valence-corrected chi connectivity index (χ2v) is 7.11. The molecule has 0 radical (unpaired) electrons. The quantitative estimate of drug-likeness (QED) is 0.397. The Hall–Kier alpha value is -3.51. The summed E-state index contributed by atoms with van der Waals surface area (Å²) in [5.41, 5.74) is 2.86. The fraction of sp³-hybridized carbons (Fsp3) is 0.0870. The average Bonchev–Trinajstić information content (AvgIpc) is 2.70. The molecule has 1 heterocycles. The Morgan fingerprint density at radius 1 is 0.931 bits per heavy atom. The largest absolute Gasteiger partial charge is 0.488 e. The van der Waals surface area contributed by atoms with E-state index in [0.717, 1.165) is 21.9 Å². The lowest BCUT2D eigenvalue weighted by molar-refractivity contribution is -0.123. The lowest BCUT2D eigenvalue weighted by Gasteiger charge is -2.17. The van der Waals surface area contributed by atoms with Crippen LogP contribution in [-0.2, 0) is 16.2 Å². The molecule has 3 aromatic rings. The number of carbonyl (C=O) groups excluding carboxylic acids is 2. The number of hydrogen-bond acceptors (Lipinski definition) is 4. The Morgan fingerprint density at radius 2 is 1.62 bits per heavy atom. The highest BCUT2D eigenvalue weighted by molar-refractivity contribution is 7.80. The molecule has 0 bridgehead atoms. The summed E-state index contributed by atoms with van der Waals surface area (Å²) in [5.74, 6) is -0.474. The smallest absolute Gasteiger partial charge is 0.263 e. The second-order valence-electron chi connectivity index (χ2n) is 6.70. The van der Waals surface area contributed by atoms with Gasteiger partial charge >= 0.3 is 0 Å². The van der Waals surface area contributed by atoms with E-state index in [4.69, 9.17) is 17.0 Å². The van der Waals surface area contributed by atoms with E-state index in [1.165, 1.54) is 6.08 Å². The highest BCUT2D eigenvalue weighted by Gasteiger charge is 2.26. The van der Waals surface area contributed by atoms with Crippen molar-refractivity contribution in [1.82, 2.24) is 10.6 Å². The molecule has 1 saturated heterocycles. The standard InChI is InChI=1S/C23H18N2O3S/c1-14-10-11-15-6-2-4-8-17(15)19(14)13-28-20-9-5-3-7-16(20)12-18-21(26)24-23(29)25-22(18)27/h2-12H,13H2,1H3,(H2,24,25,26,27,29). The molecular weight excluding hydrogens is 384 g/mol. The molecule has 144 valence electrons. The molecule has 1 aliphatic rings. The molecule has 3 aromatic carbocycles. The number of amides is 2. The molecule has 0 atom stereocenters. The minimum Gasteiger partial charge on any atom is -0.488 e. The van der Waals surface area contributed by atoms with Gasteiger partial charge in [0.1, 0.15) is 17.9 Å². The van der Waals surface area contributed by atoms with Gasteiger partial charge in [-0.05, 0) is 47.6 Å². The molecule has 0 spiro atoms. The lowest BCUT2D eigenvalue weighted by Crippen LogP contribution is -2.51. The van der Waals surface area contributed by atoms with Crippen molar-refractivity contribution in [3.05, 3.63) is 82.9 Å². The van der Waals surface area contributed by atoms with Crippen molar-refractivity contribution in [2.45, 2.75) is 13.5 Å². The van der Waals surface area contributed by atoms with Gasteiger partial charge in [0, 0.05) is 11.1 Å². The Morgan fingerprint density at radius 3 is 2.41 bits per heavy atom. The molecule has 5 nitrogen and oxygen atoms in total. The van der Waals surface area contributed by atoms with Gasteiger partial charge in [0.15, 0.2) is 5.11 Å². The highest BCUT2D eigenvalue weighted by Crippen LogP contribution is 2.26. The van der Waals surface area contributed by atoms with Crippen LogP contribution in [0, 0.1) is 6.92 Å². The van der Waals surface area contributed by atoms with Crippen molar-refractivity contribution < 1.29 is 14.3 Å². The summed E-state index contributed by atoms with van der Waals surface area (Å²) in [5, 5.41) is 7.17. The van der Waals surface area contributed by atoms with Gasteiger partial charge in [-0.2, -0.15) is 0 Å². The molecule has 0 aliphatic carbocycles. The molecule has 0 aromatic heterocycles. The number of rotatable bonds is 4. The number of nitrogens with one attached hydrogen (secondary N) is 2. The van der Waals surface area contributed by atoms with Crippen molar-refractivity contribution in [3.8, 4) is 5.75 Å². The number of ether oxygens (including phenoxy) is 1. The third-order valence-electron chi connectivity index (χ3n) is 4.81. The molecule has 2 N–H and O–H groups in total. The van der Waals surface area contributed by atoms with E-state index >= 15 is 0 Å². The van der Waals surface area contributed by atoms with Crippen molar-refractivity contribution in [1.29, 1.82) is 0 Å². The first kappa shape index (κ1) is 18.8. The van der Waals surface area contributed by atoms with Gasteiger partial charge in [0.25, 0.3) is 11.8 Å². The number of carbonyl (C=O) groups is 2. The maximum atomic E-state index is 12.1. The fourth-order valence-corrected chi connectivity index (χ4v) is 3.46. The fourth-order valence-electron chi connectivity index (χ4n) is 3.28. The first-order valence-corrected chi connectivity index (χ1v) is 9.51. The first-order valence-electron chi connectivity index (χ1n) is 9.10.